The highest BCUT2D eigenvalue weighted by molar-refractivity contribution is 5.96. The van der Waals surface area contributed by atoms with Crippen molar-refractivity contribution in [2.45, 2.75) is 13.5 Å². The quantitative estimate of drug-likeness (QED) is 0.853. The van der Waals surface area contributed by atoms with Crippen LogP contribution in [0.5, 0.6) is 0 Å². The number of benzene rings is 1. The van der Waals surface area contributed by atoms with Crippen LogP contribution in [0, 0.1) is 11.3 Å². The normalized spacial score (nSPS) is 9.80. The van der Waals surface area contributed by atoms with E-state index in [9.17, 15) is 4.79 Å². The van der Waals surface area contributed by atoms with Gasteiger partial charge >= 0.3 is 0 Å². The number of hydrogen-bond acceptors (Lipinski definition) is 3. The Hall–Kier alpha value is -2.67. The molecular weight excluding hydrogens is 250 g/mol. The second-order valence-corrected chi connectivity index (χ2v) is 4.34. The van der Waals surface area contributed by atoms with Gasteiger partial charge in [0.05, 0.1) is 11.1 Å². The Balaban J connectivity index is 2.24. The van der Waals surface area contributed by atoms with E-state index in [4.69, 9.17) is 5.26 Å². The third-order valence-corrected chi connectivity index (χ3v) is 3.06. The van der Waals surface area contributed by atoms with E-state index in [1.54, 1.807) is 11.0 Å². The number of hydrogen-bond donors (Lipinski definition) is 0. The van der Waals surface area contributed by atoms with Crippen molar-refractivity contribution in [3.63, 3.8) is 0 Å². The number of rotatable bonds is 4. The smallest absolute Gasteiger partial charge is 0.257 e. The highest BCUT2D eigenvalue weighted by Crippen LogP contribution is 2.12. The summed E-state index contributed by atoms with van der Waals surface area (Å²) in [6.45, 7) is 3.02. The van der Waals surface area contributed by atoms with Gasteiger partial charge in [0.1, 0.15) is 6.07 Å². The minimum Gasteiger partial charge on any atom is -0.335 e. The van der Waals surface area contributed by atoms with Crippen molar-refractivity contribution in [2.24, 2.45) is 0 Å². The van der Waals surface area contributed by atoms with Gasteiger partial charge in [-0.25, -0.2) is 0 Å². The predicted octanol–water partition coefficient (Wildman–Crippen LogP) is 2.62. The van der Waals surface area contributed by atoms with E-state index in [1.165, 1.54) is 12.4 Å². The monoisotopic (exact) mass is 265 g/mol. The number of pyridine rings is 1. The van der Waals surface area contributed by atoms with E-state index < -0.39 is 0 Å². The fraction of sp³-hybridized carbons (Fsp3) is 0.188. The molecule has 1 aromatic carbocycles. The van der Waals surface area contributed by atoms with Crippen LogP contribution in [0.2, 0.25) is 0 Å². The van der Waals surface area contributed by atoms with Crippen molar-refractivity contribution >= 4 is 5.91 Å². The molecule has 0 saturated carbocycles. The van der Waals surface area contributed by atoms with Crippen LogP contribution in [-0.4, -0.2) is 22.3 Å². The average molecular weight is 265 g/mol. The standard InChI is InChI=1S/C16H15N3O/c1-2-19(12-13-6-4-3-5-7-13)16(20)15-11-18-9-8-14(15)10-17/h3-9,11H,2,12H2,1H3. The molecule has 0 saturated heterocycles. The largest absolute Gasteiger partial charge is 0.335 e. The molecule has 0 spiro atoms. The Bertz CT molecular complexity index is 632. The summed E-state index contributed by atoms with van der Waals surface area (Å²) in [7, 11) is 0. The molecule has 0 aliphatic heterocycles. The lowest BCUT2D eigenvalue weighted by atomic mass is 10.1. The molecule has 20 heavy (non-hydrogen) atoms. The molecule has 0 unspecified atom stereocenters. The van der Waals surface area contributed by atoms with Gasteiger partial charge in [0.2, 0.25) is 0 Å². The van der Waals surface area contributed by atoms with Crippen LogP contribution in [0.1, 0.15) is 28.4 Å². The molecule has 1 heterocycles. The molecule has 4 heteroatoms. The molecule has 0 atom stereocenters. The molecule has 0 fully saturated rings. The first kappa shape index (κ1) is 13.8. The zero-order valence-electron chi connectivity index (χ0n) is 11.3. The lowest BCUT2D eigenvalue weighted by molar-refractivity contribution is 0.0752. The maximum atomic E-state index is 12.5. The maximum absolute atomic E-state index is 12.5. The number of carbonyl (C=O) groups is 1. The van der Waals surface area contributed by atoms with Crippen molar-refractivity contribution in [3.8, 4) is 6.07 Å². The minimum absolute atomic E-state index is 0.166. The van der Waals surface area contributed by atoms with Gasteiger partial charge in [0, 0.05) is 25.5 Å². The van der Waals surface area contributed by atoms with Crippen LogP contribution in [0.4, 0.5) is 0 Å². The van der Waals surface area contributed by atoms with E-state index in [2.05, 4.69) is 4.98 Å². The van der Waals surface area contributed by atoms with E-state index in [-0.39, 0.29) is 5.91 Å². The van der Waals surface area contributed by atoms with Crippen LogP contribution >= 0.6 is 0 Å². The zero-order chi connectivity index (χ0) is 14.4. The molecular formula is C16H15N3O. The number of carbonyl (C=O) groups excluding carboxylic acids is 1. The summed E-state index contributed by atoms with van der Waals surface area (Å²) < 4.78 is 0. The van der Waals surface area contributed by atoms with Crippen LogP contribution in [-0.2, 0) is 6.54 Å². The summed E-state index contributed by atoms with van der Waals surface area (Å²) in [6.07, 6.45) is 2.97. The van der Waals surface area contributed by atoms with Crippen molar-refractivity contribution in [1.82, 2.24) is 9.88 Å². The molecule has 1 aromatic heterocycles. The van der Waals surface area contributed by atoms with Gasteiger partial charge in [-0.1, -0.05) is 30.3 Å². The van der Waals surface area contributed by atoms with Gasteiger partial charge in [-0.15, -0.1) is 0 Å². The van der Waals surface area contributed by atoms with Gasteiger partial charge in [0.25, 0.3) is 5.91 Å². The van der Waals surface area contributed by atoms with Crippen molar-refractivity contribution in [2.75, 3.05) is 6.54 Å². The van der Waals surface area contributed by atoms with Crippen LogP contribution in [0.3, 0.4) is 0 Å². The lowest BCUT2D eigenvalue weighted by Gasteiger charge is -2.21. The summed E-state index contributed by atoms with van der Waals surface area (Å²) in [4.78, 5) is 18.1. The van der Waals surface area contributed by atoms with Crippen molar-refractivity contribution < 1.29 is 4.79 Å². The maximum Gasteiger partial charge on any atom is 0.257 e. The second-order valence-electron chi connectivity index (χ2n) is 4.34. The Labute approximate surface area is 118 Å². The van der Waals surface area contributed by atoms with Crippen LogP contribution < -0.4 is 0 Å². The third-order valence-electron chi connectivity index (χ3n) is 3.06. The highest BCUT2D eigenvalue weighted by atomic mass is 16.2. The van der Waals surface area contributed by atoms with Gasteiger partial charge in [-0.3, -0.25) is 9.78 Å². The second kappa shape index (κ2) is 6.48. The van der Waals surface area contributed by atoms with Gasteiger partial charge < -0.3 is 4.90 Å². The number of aromatic nitrogens is 1. The summed E-state index contributed by atoms with van der Waals surface area (Å²) in [5.74, 6) is -0.166. The Morgan fingerprint density at radius 2 is 2.05 bits per heavy atom. The van der Waals surface area contributed by atoms with E-state index in [0.717, 1.165) is 5.56 Å². The summed E-state index contributed by atoms with van der Waals surface area (Å²) in [5, 5.41) is 9.06. The minimum atomic E-state index is -0.166. The van der Waals surface area contributed by atoms with E-state index >= 15 is 0 Å². The third kappa shape index (κ3) is 3.01. The van der Waals surface area contributed by atoms with E-state index in [0.29, 0.717) is 24.2 Å². The molecule has 2 rings (SSSR count). The fourth-order valence-corrected chi connectivity index (χ4v) is 1.96. The summed E-state index contributed by atoms with van der Waals surface area (Å²) in [5.41, 5.74) is 1.77. The Morgan fingerprint density at radius 1 is 1.30 bits per heavy atom. The lowest BCUT2D eigenvalue weighted by Crippen LogP contribution is -2.31. The molecule has 2 aromatic rings. The number of amides is 1. The number of nitriles is 1. The average Bonchev–Trinajstić information content (AvgIpc) is 2.53. The van der Waals surface area contributed by atoms with Gasteiger partial charge in [-0.05, 0) is 18.6 Å². The summed E-state index contributed by atoms with van der Waals surface area (Å²) >= 11 is 0. The molecule has 4 nitrogen and oxygen atoms in total. The molecule has 0 aliphatic carbocycles. The SMILES string of the molecule is CCN(Cc1ccccc1)C(=O)c1cnccc1C#N. The van der Waals surface area contributed by atoms with Crippen LogP contribution in [0.15, 0.2) is 48.8 Å². The van der Waals surface area contributed by atoms with Gasteiger partial charge in [0.15, 0.2) is 0 Å². The molecule has 0 radical (unpaired) electrons. The Kier molecular flexibility index (Phi) is 4.46. The predicted molar refractivity (Wildman–Crippen MR) is 75.8 cm³/mol. The molecule has 0 bridgehead atoms. The van der Waals surface area contributed by atoms with Crippen LogP contribution in [0.25, 0.3) is 0 Å². The topological polar surface area (TPSA) is 57.0 Å². The highest BCUT2D eigenvalue weighted by Gasteiger charge is 2.18. The molecule has 0 aliphatic rings. The van der Waals surface area contributed by atoms with Crippen molar-refractivity contribution in [1.29, 1.82) is 5.26 Å². The first-order valence-corrected chi connectivity index (χ1v) is 6.43. The fourth-order valence-electron chi connectivity index (χ4n) is 1.96. The first-order valence-electron chi connectivity index (χ1n) is 6.43. The Morgan fingerprint density at radius 3 is 2.70 bits per heavy atom. The van der Waals surface area contributed by atoms with Crippen molar-refractivity contribution in [3.05, 3.63) is 65.5 Å². The zero-order valence-corrected chi connectivity index (χ0v) is 11.3. The summed E-state index contributed by atoms with van der Waals surface area (Å²) in [6, 6.07) is 13.4. The number of nitrogens with zero attached hydrogens (tertiary/aromatic N) is 3. The molecule has 100 valence electrons. The molecule has 1 amide bonds. The molecule has 0 N–H and O–H groups in total. The van der Waals surface area contributed by atoms with Gasteiger partial charge in [-0.2, -0.15) is 5.26 Å². The first-order chi connectivity index (χ1) is 9.76. The van der Waals surface area contributed by atoms with E-state index in [1.807, 2.05) is 43.3 Å².